The highest BCUT2D eigenvalue weighted by atomic mass is 16.5. The number of benzene rings is 3. The number of amides is 1. The first-order chi connectivity index (χ1) is 19.0. The lowest BCUT2D eigenvalue weighted by Crippen LogP contribution is -2.45. The number of para-hydroxylation sites is 2. The van der Waals surface area contributed by atoms with Crippen molar-refractivity contribution in [1.82, 2.24) is 14.8 Å². The molecular formula is C32H37N5O2. The van der Waals surface area contributed by atoms with E-state index in [1.54, 1.807) is 0 Å². The number of nitrogens with one attached hydrogen (secondary N) is 2. The first-order valence-corrected chi connectivity index (χ1v) is 14.0. The van der Waals surface area contributed by atoms with Crippen LogP contribution in [-0.2, 0) is 0 Å². The number of hydrogen-bond donors (Lipinski definition) is 2. The molecule has 1 amide bonds. The Kier molecular flexibility index (Phi) is 7.26. The van der Waals surface area contributed by atoms with Gasteiger partial charge in [-0.2, -0.15) is 0 Å². The molecule has 4 aromatic rings. The lowest BCUT2D eigenvalue weighted by Gasteiger charge is -2.32. The molecule has 3 aromatic carbocycles. The maximum absolute atomic E-state index is 13.9. The van der Waals surface area contributed by atoms with Crippen molar-refractivity contribution in [2.45, 2.75) is 19.4 Å². The van der Waals surface area contributed by atoms with Crippen molar-refractivity contribution in [3.05, 3.63) is 78.5 Å². The molecule has 6 rings (SSSR count). The van der Waals surface area contributed by atoms with Gasteiger partial charge in [0.2, 0.25) is 0 Å². The normalized spacial score (nSPS) is 18.4. The van der Waals surface area contributed by atoms with Crippen LogP contribution in [0, 0.1) is 0 Å². The Labute approximate surface area is 230 Å². The van der Waals surface area contributed by atoms with Crippen molar-refractivity contribution in [2.75, 3.05) is 63.1 Å². The number of piperazine rings is 1. The van der Waals surface area contributed by atoms with Crippen molar-refractivity contribution in [3.63, 3.8) is 0 Å². The fourth-order valence-electron chi connectivity index (χ4n) is 5.57. The lowest BCUT2D eigenvalue weighted by molar-refractivity contribution is 0.0986. The third-order valence-electron chi connectivity index (χ3n) is 7.98. The maximum atomic E-state index is 13.9. The number of nitrogens with zero attached hydrogens (tertiary/aromatic N) is 3. The maximum Gasteiger partial charge on any atom is 0.258 e. The largest absolute Gasteiger partial charge is 0.492 e. The highest BCUT2D eigenvalue weighted by Gasteiger charge is 2.25. The molecule has 202 valence electrons. The van der Waals surface area contributed by atoms with Gasteiger partial charge in [-0.25, -0.2) is 0 Å². The van der Waals surface area contributed by atoms with Crippen molar-refractivity contribution in [1.29, 1.82) is 0 Å². The summed E-state index contributed by atoms with van der Waals surface area (Å²) < 4.78 is 6.46. The molecule has 7 nitrogen and oxygen atoms in total. The van der Waals surface area contributed by atoms with E-state index < -0.39 is 0 Å². The number of H-pyrrole nitrogens is 1. The average molecular weight is 524 g/mol. The molecule has 1 aromatic heterocycles. The summed E-state index contributed by atoms with van der Waals surface area (Å²) in [4.78, 5) is 23.9. The van der Waals surface area contributed by atoms with E-state index in [1.165, 1.54) is 0 Å². The van der Waals surface area contributed by atoms with Gasteiger partial charge in [-0.05, 0) is 79.9 Å². The Balaban J connectivity index is 1.30. The summed E-state index contributed by atoms with van der Waals surface area (Å²) in [5.74, 6) is 0.745. The number of aromatic amines is 1. The van der Waals surface area contributed by atoms with Crippen LogP contribution in [0.3, 0.4) is 0 Å². The number of hydrogen-bond acceptors (Lipinski definition) is 5. The smallest absolute Gasteiger partial charge is 0.258 e. The van der Waals surface area contributed by atoms with Crippen LogP contribution in [0.15, 0.2) is 72.9 Å². The molecule has 0 saturated carbocycles. The molecule has 0 unspecified atom stereocenters. The van der Waals surface area contributed by atoms with E-state index in [2.05, 4.69) is 58.3 Å². The SMILES string of the molecule is C[C@H]1CCN(C(=O)c2ccc(-c3ccc4[nH]ccc4c3)c(OCCN3CCN(C)CC3)c2)c2ccccc2N1. The van der Waals surface area contributed by atoms with Crippen molar-refractivity contribution >= 4 is 28.2 Å². The van der Waals surface area contributed by atoms with Crippen LogP contribution in [0.1, 0.15) is 23.7 Å². The standard InChI is InChI=1S/C32H37N5O2/c1-23-12-14-37(30-6-4-3-5-29(30)34-23)32(38)26-7-9-27(24-8-10-28-25(21-24)11-13-33-28)31(22-26)39-20-19-36-17-15-35(2)16-18-36/h3-11,13,21-23,33-34H,12,14-20H2,1-2H3/t23-/m0/s1. The first-order valence-electron chi connectivity index (χ1n) is 14.0. The highest BCUT2D eigenvalue weighted by Crippen LogP contribution is 2.35. The molecule has 0 bridgehead atoms. The van der Waals surface area contributed by atoms with Gasteiger partial charge in [0.25, 0.3) is 5.91 Å². The highest BCUT2D eigenvalue weighted by molar-refractivity contribution is 6.08. The number of likely N-dealkylation sites (N-methyl/N-ethyl adjacent to an activating group) is 1. The van der Waals surface area contributed by atoms with Crippen LogP contribution < -0.4 is 15.0 Å². The quantitative estimate of drug-likeness (QED) is 0.359. The van der Waals surface area contributed by atoms with Crippen LogP contribution in [0.5, 0.6) is 5.75 Å². The topological polar surface area (TPSA) is 63.8 Å². The van der Waals surface area contributed by atoms with Crippen LogP contribution >= 0.6 is 0 Å². The van der Waals surface area contributed by atoms with E-state index in [4.69, 9.17) is 4.74 Å². The molecule has 1 atom stereocenters. The number of carbonyl (C=O) groups is 1. The monoisotopic (exact) mass is 523 g/mol. The molecule has 0 spiro atoms. The molecule has 2 aliphatic heterocycles. The summed E-state index contributed by atoms with van der Waals surface area (Å²) >= 11 is 0. The Morgan fingerprint density at radius 3 is 2.69 bits per heavy atom. The van der Waals surface area contributed by atoms with E-state index >= 15 is 0 Å². The number of carbonyl (C=O) groups excluding carboxylic acids is 1. The average Bonchev–Trinajstić information content (AvgIpc) is 3.36. The second kappa shape index (κ2) is 11.1. The summed E-state index contributed by atoms with van der Waals surface area (Å²) in [6.45, 7) is 8.53. The number of rotatable bonds is 6. The van der Waals surface area contributed by atoms with Crippen molar-refractivity contribution in [3.8, 4) is 16.9 Å². The second-order valence-corrected chi connectivity index (χ2v) is 10.8. The van der Waals surface area contributed by atoms with Crippen LogP contribution in [0.25, 0.3) is 22.0 Å². The molecule has 7 heteroatoms. The minimum atomic E-state index is -0.00472. The van der Waals surface area contributed by atoms with Gasteiger partial charge in [-0.15, -0.1) is 0 Å². The fraction of sp³-hybridized carbons (Fsp3) is 0.344. The zero-order valence-electron chi connectivity index (χ0n) is 22.8. The van der Waals surface area contributed by atoms with E-state index in [0.717, 1.165) is 78.3 Å². The van der Waals surface area contributed by atoms with Gasteiger partial charge >= 0.3 is 0 Å². The Bertz CT molecular complexity index is 1460. The molecule has 2 N–H and O–H groups in total. The molecule has 3 heterocycles. The predicted molar refractivity (Wildman–Crippen MR) is 159 cm³/mol. The number of anilines is 2. The number of fused-ring (bicyclic) bond motifs is 2. The second-order valence-electron chi connectivity index (χ2n) is 10.8. The Morgan fingerprint density at radius 2 is 1.82 bits per heavy atom. The molecule has 1 saturated heterocycles. The molecule has 0 radical (unpaired) electrons. The zero-order valence-corrected chi connectivity index (χ0v) is 22.8. The Hall–Kier alpha value is -3.81. The summed E-state index contributed by atoms with van der Waals surface area (Å²) in [6.07, 6.45) is 2.84. The molecule has 2 aliphatic rings. The third-order valence-corrected chi connectivity index (χ3v) is 7.98. The minimum absolute atomic E-state index is 0.00472. The zero-order chi connectivity index (χ0) is 26.8. The van der Waals surface area contributed by atoms with Crippen molar-refractivity contribution < 1.29 is 9.53 Å². The van der Waals surface area contributed by atoms with E-state index in [0.29, 0.717) is 24.8 Å². The number of ether oxygens (including phenoxy) is 1. The molecule has 0 aliphatic carbocycles. The van der Waals surface area contributed by atoms with Gasteiger partial charge in [0.1, 0.15) is 12.4 Å². The Morgan fingerprint density at radius 1 is 0.974 bits per heavy atom. The fourth-order valence-corrected chi connectivity index (χ4v) is 5.57. The summed E-state index contributed by atoms with van der Waals surface area (Å²) in [5.41, 5.74) is 5.74. The van der Waals surface area contributed by atoms with Gasteiger partial charge in [-0.3, -0.25) is 9.69 Å². The van der Waals surface area contributed by atoms with E-state index in [9.17, 15) is 4.79 Å². The van der Waals surface area contributed by atoms with Crippen LogP contribution in [-0.4, -0.2) is 79.7 Å². The minimum Gasteiger partial charge on any atom is -0.492 e. The van der Waals surface area contributed by atoms with E-state index in [-0.39, 0.29) is 5.91 Å². The molecular weight excluding hydrogens is 486 g/mol. The van der Waals surface area contributed by atoms with Crippen LogP contribution in [0.2, 0.25) is 0 Å². The molecule has 1 fully saturated rings. The van der Waals surface area contributed by atoms with E-state index in [1.807, 2.05) is 53.6 Å². The summed E-state index contributed by atoms with van der Waals surface area (Å²) in [6, 6.07) is 22.7. The summed E-state index contributed by atoms with van der Waals surface area (Å²) in [7, 11) is 2.17. The van der Waals surface area contributed by atoms with Gasteiger partial charge < -0.3 is 24.8 Å². The summed E-state index contributed by atoms with van der Waals surface area (Å²) in [5, 5.41) is 4.70. The van der Waals surface area contributed by atoms with Gasteiger partial charge in [-0.1, -0.05) is 18.2 Å². The predicted octanol–water partition coefficient (Wildman–Crippen LogP) is 5.31. The number of aromatic nitrogens is 1. The van der Waals surface area contributed by atoms with Gasteiger partial charge in [0.05, 0.1) is 11.4 Å². The molecule has 39 heavy (non-hydrogen) atoms. The lowest BCUT2D eigenvalue weighted by atomic mass is 10.0. The van der Waals surface area contributed by atoms with Crippen LogP contribution in [0.4, 0.5) is 11.4 Å². The third kappa shape index (κ3) is 5.51. The van der Waals surface area contributed by atoms with Gasteiger partial charge in [0, 0.05) is 68.2 Å². The van der Waals surface area contributed by atoms with Gasteiger partial charge in [0.15, 0.2) is 0 Å². The van der Waals surface area contributed by atoms with Crippen molar-refractivity contribution in [2.24, 2.45) is 0 Å². The first kappa shape index (κ1) is 25.5.